The Balaban J connectivity index is 1.29. The molecule has 2 aromatic rings. The normalized spacial score (nSPS) is 26.1. The van der Waals surface area contributed by atoms with Crippen LogP contribution in [0.4, 0.5) is 5.82 Å². The van der Waals surface area contributed by atoms with Gasteiger partial charge in [0.05, 0.1) is 35.5 Å². The number of anilines is 1. The summed E-state index contributed by atoms with van der Waals surface area (Å²) in [6.45, 7) is 4.22. The summed E-state index contributed by atoms with van der Waals surface area (Å²) in [6.07, 6.45) is 11.9. The molecule has 0 aromatic carbocycles. The minimum Gasteiger partial charge on any atom is -0.381 e. The Morgan fingerprint density at radius 1 is 1.11 bits per heavy atom. The quantitative estimate of drug-likeness (QED) is 0.673. The van der Waals surface area contributed by atoms with Crippen molar-refractivity contribution >= 4 is 11.7 Å². The zero-order valence-electron chi connectivity index (χ0n) is 20.3. The Labute approximate surface area is 206 Å². The maximum atomic E-state index is 12.7. The molecular formula is C27H34N6O2. The maximum Gasteiger partial charge on any atom is 0.255 e. The van der Waals surface area contributed by atoms with Gasteiger partial charge in [-0.15, -0.1) is 0 Å². The summed E-state index contributed by atoms with van der Waals surface area (Å²) < 4.78 is 7.44. The minimum absolute atomic E-state index is 0.0278. The standard InChI is InChI=1S/C27H34N6O2/c28-17-19-4-2-1-3-5-20(19)21-16-23(25-22(30-21)18-29-26(25)34)33-11-6-24(31-33)32-12-7-27(8-13-32)9-14-35-15-10-27/h6,11,16,19-20H,1-5,7-10,12-15,18H2,(H,29,34)/t19-,20-/m1/s1. The second-order valence-corrected chi connectivity index (χ2v) is 10.8. The summed E-state index contributed by atoms with van der Waals surface area (Å²) in [6, 6.07) is 6.62. The first-order valence-electron chi connectivity index (χ1n) is 13.3. The largest absolute Gasteiger partial charge is 0.381 e. The molecule has 0 unspecified atom stereocenters. The minimum atomic E-state index is -0.0942. The van der Waals surface area contributed by atoms with E-state index in [0.29, 0.717) is 17.5 Å². The first-order valence-corrected chi connectivity index (χ1v) is 13.3. The van der Waals surface area contributed by atoms with Gasteiger partial charge in [0, 0.05) is 50.2 Å². The molecule has 1 amide bonds. The van der Waals surface area contributed by atoms with Crippen LogP contribution < -0.4 is 10.2 Å². The van der Waals surface area contributed by atoms with Crippen LogP contribution in [0.2, 0.25) is 0 Å². The third-order valence-electron chi connectivity index (χ3n) is 8.82. The molecule has 1 saturated carbocycles. The molecular weight excluding hydrogens is 440 g/mol. The second-order valence-electron chi connectivity index (χ2n) is 10.8. The molecule has 2 saturated heterocycles. The Kier molecular flexibility index (Phi) is 5.97. The molecule has 6 rings (SSSR count). The second kappa shape index (κ2) is 9.27. The monoisotopic (exact) mass is 474 g/mol. The van der Waals surface area contributed by atoms with Gasteiger partial charge in [0.25, 0.3) is 5.91 Å². The van der Waals surface area contributed by atoms with Crippen LogP contribution in [0.3, 0.4) is 0 Å². The highest BCUT2D eigenvalue weighted by atomic mass is 16.5. The number of carbonyl (C=O) groups excluding carboxylic acids is 1. The van der Waals surface area contributed by atoms with Crippen molar-refractivity contribution in [1.82, 2.24) is 20.1 Å². The van der Waals surface area contributed by atoms with E-state index in [0.717, 1.165) is 74.9 Å². The predicted octanol–water partition coefficient (Wildman–Crippen LogP) is 4.10. The number of pyridine rings is 1. The highest BCUT2D eigenvalue weighted by molar-refractivity contribution is 6.01. The number of piperidine rings is 1. The van der Waals surface area contributed by atoms with Gasteiger partial charge in [0.1, 0.15) is 0 Å². The summed E-state index contributed by atoms with van der Waals surface area (Å²) >= 11 is 0. The van der Waals surface area contributed by atoms with Crippen LogP contribution in [0.1, 0.15) is 85.5 Å². The van der Waals surface area contributed by atoms with Crippen molar-refractivity contribution in [3.8, 4) is 11.8 Å². The molecule has 4 aliphatic rings. The molecule has 3 aliphatic heterocycles. The van der Waals surface area contributed by atoms with Gasteiger partial charge in [-0.1, -0.05) is 19.3 Å². The van der Waals surface area contributed by atoms with Gasteiger partial charge in [-0.25, -0.2) is 4.68 Å². The molecule has 2 atom stereocenters. The van der Waals surface area contributed by atoms with Crippen molar-refractivity contribution in [2.45, 2.75) is 70.3 Å². The number of hydrogen-bond donors (Lipinski definition) is 1. The van der Waals surface area contributed by atoms with E-state index < -0.39 is 0 Å². The van der Waals surface area contributed by atoms with E-state index >= 15 is 0 Å². The smallest absolute Gasteiger partial charge is 0.255 e. The van der Waals surface area contributed by atoms with E-state index in [1.54, 1.807) is 0 Å². The molecule has 1 spiro atoms. The zero-order chi connectivity index (χ0) is 23.8. The van der Waals surface area contributed by atoms with Gasteiger partial charge >= 0.3 is 0 Å². The van der Waals surface area contributed by atoms with Crippen molar-refractivity contribution < 1.29 is 9.53 Å². The number of aromatic nitrogens is 3. The molecule has 0 radical (unpaired) electrons. The summed E-state index contributed by atoms with van der Waals surface area (Å²) in [5.74, 6) is 0.945. The molecule has 35 heavy (non-hydrogen) atoms. The number of hydrogen-bond acceptors (Lipinski definition) is 6. The van der Waals surface area contributed by atoms with E-state index in [1.807, 2.05) is 16.9 Å². The summed E-state index contributed by atoms with van der Waals surface area (Å²) in [7, 11) is 0. The Morgan fingerprint density at radius 3 is 2.71 bits per heavy atom. The predicted molar refractivity (Wildman–Crippen MR) is 131 cm³/mol. The molecule has 8 nitrogen and oxygen atoms in total. The first-order chi connectivity index (χ1) is 17.2. The van der Waals surface area contributed by atoms with E-state index in [1.165, 1.54) is 32.1 Å². The molecule has 3 fully saturated rings. The van der Waals surface area contributed by atoms with Gasteiger partial charge in [0.15, 0.2) is 5.82 Å². The van der Waals surface area contributed by atoms with E-state index in [2.05, 4.69) is 22.4 Å². The van der Waals surface area contributed by atoms with Gasteiger partial charge in [0.2, 0.25) is 0 Å². The van der Waals surface area contributed by atoms with E-state index in [4.69, 9.17) is 14.8 Å². The van der Waals surface area contributed by atoms with Gasteiger partial charge in [-0.05, 0) is 50.0 Å². The number of ether oxygens (including phenoxy) is 1. The molecule has 1 N–H and O–H groups in total. The lowest BCUT2D eigenvalue weighted by Crippen LogP contribution is -2.43. The number of carbonyl (C=O) groups is 1. The molecule has 8 heteroatoms. The maximum absolute atomic E-state index is 12.7. The highest BCUT2D eigenvalue weighted by Crippen LogP contribution is 2.42. The van der Waals surface area contributed by atoms with Crippen LogP contribution in [0.25, 0.3) is 5.69 Å². The molecule has 2 aromatic heterocycles. The van der Waals surface area contributed by atoms with Crippen LogP contribution in [0, 0.1) is 22.7 Å². The molecule has 5 heterocycles. The van der Waals surface area contributed by atoms with E-state index in [9.17, 15) is 10.1 Å². The summed E-state index contributed by atoms with van der Waals surface area (Å²) in [5.41, 5.74) is 3.54. The number of nitrogens with zero attached hydrogens (tertiary/aromatic N) is 5. The average Bonchev–Trinajstić information content (AvgIpc) is 3.45. The van der Waals surface area contributed by atoms with Crippen LogP contribution in [0.5, 0.6) is 0 Å². The third kappa shape index (κ3) is 4.20. The third-order valence-corrected chi connectivity index (χ3v) is 8.82. The summed E-state index contributed by atoms with van der Waals surface area (Å²) in [5, 5.41) is 17.7. The van der Waals surface area contributed by atoms with Crippen molar-refractivity contribution in [3.05, 3.63) is 35.3 Å². The lowest BCUT2D eigenvalue weighted by molar-refractivity contribution is 0.00205. The van der Waals surface area contributed by atoms with Crippen molar-refractivity contribution in [3.63, 3.8) is 0 Å². The first kappa shape index (κ1) is 22.5. The average molecular weight is 475 g/mol. The lowest BCUT2D eigenvalue weighted by atomic mass is 9.72. The summed E-state index contributed by atoms with van der Waals surface area (Å²) in [4.78, 5) is 20.0. The van der Waals surface area contributed by atoms with Gasteiger partial charge in [-0.3, -0.25) is 9.78 Å². The fourth-order valence-corrected chi connectivity index (χ4v) is 6.55. The fourth-order valence-electron chi connectivity index (χ4n) is 6.55. The van der Waals surface area contributed by atoms with E-state index in [-0.39, 0.29) is 17.7 Å². The molecule has 184 valence electrons. The number of fused-ring (bicyclic) bond motifs is 1. The molecule has 1 aliphatic carbocycles. The number of nitrogens with one attached hydrogen (secondary N) is 1. The number of nitriles is 1. The van der Waals surface area contributed by atoms with Crippen LogP contribution in [-0.4, -0.2) is 47.0 Å². The Morgan fingerprint density at radius 2 is 1.91 bits per heavy atom. The molecule has 0 bridgehead atoms. The van der Waals surface area contributed by atoms with Crippen molar-refractivity contribution in [2.24, 2.45) is 11.3 Å². The Hall–Kier alpha value is -2.92. The number of amides is 1. The Bertz CT molecular complexity index is 1140. The van der Waals surface area contributed by atoms with Crippen LogP contribution in [-0.2, 0) is 11.3 Å². The van der Waals surface area contributed by atoms with Gasteiger partial charge in [-0.2, -0.15) is 10.4 Å². The highest BCUT2D eigenvalue weighted by Gasteiger charge is 2.37. The van der Waals surface area contributed by atoms with Crippen molar-refractivity contribution in [2.75, 3.05) is 31.2 Å². The van der Waals surface area contributed by atoms with Crippen LogP contribution >= 0.6 is 0 Å². The van der Waals surface area contributed by atoms with Crippen LogP contribution in [0.15, 0.2) is 18.3 Å². The lowest BCUT2D eigenvalue weighted by Gasteiger charge is -2.44. The fraction of sp³-hybridized carbons (Fsp3) is 0.630. The van der Waals surface area contributed by atoms with Crippen molar-refractivity contribution in [1.29, 1.82) is 5.26 Å². The SMILES string of the molecule is N#C[C@H]1CCCCC[C@H]1c1cc(-n2ccc(N3CCC4(CCOCC4)CC3)n2)c2c(n1)CNC2=O. The number of rotatable bonds is 3. The topological polar surface area (TPSA) is 96.1 Å². The van der Waals surface area contributed by atoms with Gasteiger partial charge < -0.3 is 15.0 Å². The zero-order valence-corrected chi connectivity index (χ0v) is 20.3.